The summed E-state index contributed by atoms with van der Waals surface area (Å²) < 4.78 is 5.39. The monoisotopic (exact) mass is 208 g/mol. The van der Waals surface area contributed by atoms with Crippen LogP contribution in [0.5, 0.6) is 0 Å². The molecule has 1 saturated heterocycles. The summed E-state index contributed by atoms with van der Waals surface area (Å²) in [5, 5.41) is 3.01. The minimum absolute atomic E-state index is 0.373. The molecule has 5 nitrogen and oxygen atoms in total. The van der Waals surface area contributed by atoms with Crippen molar-refractivity contribution in [3.8, 4) is 0 Å². The molecule has 0 radical (unpaired) electrons. The van der Waals surface area contributed by atoms with Gasteiger partial charge in [0.1, 0.15) is 18.0 Å². The maximum absolute atomic E-state index is 5.39. The molecule has 5 heteroatoms. The molecule has 0 bridgehead atoms. The van der Waals surface area contributed by atoms with Crippen LogP contribution in [0.2, 0.25) is 0 Å². The van der Waals surface area contributed by atoms with Gasteiger partial charge in [-0.3, -0.25) is 0 Å². The molecule has 0 aromatic carbocycles. The van der Waals surface area contributed by atoms with Crippen molar-refractivity contribution in [3.05, 3.63) is 12.4 Å². The summed E-state index contributed by atoms with van der Waals surface area (Å²) in [7, 11) is 1.86. The molecule has 0 spiro atoms. The summed E-state index contributed by atoms with van der Waals surface area (Å²) in [6.45, 7) is 4.56. The third-order valence-corrected chi connectivity index (χ3v) is 2.57. The van der Waals surface area contributed by atoms with Gasteiger partial charge in [0, 0.05) is 19.7 Å². The molecule has 1 aromatic heterocycles. The van der Waals surface area contributed by atoms with Crippen molar-refractivity contribution in [2.45, 2.75) is 13.0 Å². The molecule has 2 rings (SSSR count). The van der Waals surface area contributed by atoms with E-state index >= 15 is 0 Å². The van der Waals surface area contributed by atoms with Gasteiger partial charge in [-0.15, -0.1) is 0 Å². The number of morpholine rings is 1. The van der Waals surface area contributed by atoms with E-state index in [4.69, 9.17) is 4.74 Å². The van der Waals surface area contributed by atoms with Crippen LogP contribution >= 0.6 is 0 Å². The molecule has 1 aromatic rings. The maximum Gasteiger partial charge on any atom is 0.134 e. The Kier molecular flexibility index (Phi) is 3.01. The second-order valence-electron chi connectivity index (χ2n) is 3.63. The van der Waals surface area contributed by atoms with E-state index in [1.807, 2.05) is 13.1 Å². The number of hydrogen-bond acceptors (Lipinski definition) is 5. The fraction of sp³-hybridized carbons (Fsp3) is 0.600. The molecule has 0 aliphatic carbocycles. The number of rotatable bonds is 2. The number of aromatic nitrogens is 2. The van der Waals surface area contributed by atoms with Crippen LogP contribution in [0.3, 0.4) is 0 Å². The first kappa shape index (κ1) is 10.2. The number of nitrogens with one attached hydrogen (secondary N) is 1. The molecule has 0 saturated carbocycles. The van der Waals surface area contributed by atoms with Crippen LogP contribution in [0.25, 0.3) is 0 Å². The van der Waals surface area contributed by atoms with Gasteiger partial charge in [-0.2, -0.15) is 0 Å². The summed E-state index contributed by atoms with van der Waals surface area (Å²) in [6.07, 6.45) is 1.59. The number of nitrogens with zero attached hydrogens (tertiary/aromatic N) is 3. The van der Waals surface area contributed by atoms with Crippen molar-refractivity contribution in [1.82, 2.24) is 9.97 Å². The van der Waals surface area contributed by atoms with Crippen LogP contribution in [0.1, 0.15) is 6.92 Å². The van der Waals surface area contributed by atoms with Gasteiger partial charge < -0.3 is 15.0 Å². The summed E-state index contributed by atoms with van der Waals surface area (Å²) >= 11 is 0. The molecule has 1 N–H and O–H groups in total. The average molecular weight is 208 g/mol. The highest BCUT2D eigenvalue weighted by molar-refractivity contribution is 5.48. The minimum Gasteiger partial charge on any atom is -0.377 e. The predicted molar refractivity (Wildman–Crippen MR) is 59.2 cm³/mol. The molecular formula is C10H16N4O. The third kappa shape index (κ3) is 2.18. The molecular weight excluding hydrogens is 192 g/mol. The largest absolute Gasteiger partial charge is 0.377 e. The van der Waals surface area contributed by atoms with Crippen LogP contribution in [-0.4, -0.2) is 42.8 Å². The Bertz CT molecular complexity index is 331. The van der Waals surface area contributed by atoms with E-state index in [-0.39, 0.29) is 0 Å². The van der Waals surface area contributed by atoms with E-state index in [1.165, 1.54) is 0 Å². The van der Waals surface area contributed by atoms with E-state index < -0.39 is 0 Å². The van der Waals surface area contributed by atoms with Crippen LogP contribution in [0.15, 0.2) is 12.4 Å². The van der Waals surface area contributed by atoms with Gasteiger partial charge >= 0.3 is 0 Å². The second kappa shape index (κ2) is 4.44. The first-order valence-electron chi connectivity index (χ1n) is 5.15. The van der Waals surface area contributed by atoms with Crippen LogP contribution < -0.4 is 10.2 Å². The standard InChI is InChI=1S/C10H16N4O/c1-8-6-15-4-3-14(8)10-5-9(11-2)12-7-13-10/h5,7-8H,3-4,6H2,1-2H3,(H,11,12,13). The van der Waals surface area contributed by atoms with Crippen molar-refractivity contribution in [2.75, 3.05) is 37.0 Å². The molecule has 1 unspecified atom stereocenters. The van der Waals surface area contributed by atoms with Crippen molar-refractivity contribution >= 4 is 11.6 Å². The lowest BCUT2D eigenvalue weighted by molar-refractivity contribution is 0.0985. The Balaban J connectivity index is 2.19. The van der Waals surface area contributed by atoms with E-state index in [0.717, 1.165) is 31.4 Å². The molecule has 15 heavy (non-hydrogen) atoms. The van der Waals surface area contributed by atoms with Gasteiger partial charge in [0.2, 0.25) is 0 Å². The average Bonchev–Trinajstić information content (AvgIpc) is 2.30. The van der Waals surface area contributed by atoms with Gasteiger partial charge in [-0.05, 0) is 6.92 Å². The van der Waals surface area contributed by atoms with Crippen molar-refractivity contribution in [2.24, 2.45) is 0 Å². The maximum atomic E-state index is 5.39. The Hall–Kier alpha value is -1.36. The highest BCUT2D eigenvalue weighted by atomic mass is 16.5. The highest BCUT2D eigenvalue weighted by Gasteiger charge is 2.20. The molecule has 82 valence electrons. The lowest BCUT2D eigenvalue weighted by atomic mass is 10.2. The Labute approximate surface area is 89.5 Å². The van der Waals surface area contributed by atoms with Crippen LogP contribution in [0, 0.1) is 0 Å². The topological polar surface area (TPSA) is 50.3 Å². The normalized spacial score (nSPS) is 21.5. The van der Waals surface area contributed by atoms with Gasteiger partial charge in [0.25, 0.3) is 0 Å². The first-order chi connectivity index (χ1) is 7.31. The lowest BCUT2D eigenvalue weighted by Crippen LogP contribution is -2.44. The highest BCUT2D eigenvalue weighted by Crippen LogP contribution is 2.18. The number of ether oxygens (including phenoxy) is 1. The summed E-state index contributed by atoms with van der Waals surface area (Å²) in [5.74, 6) is 1.81. The fourth-order valence-corrected chi connectivity index (χ4v) is 1.71. The number of anilines is 2. The molecule has 1 aliphatic heterocycles. The lowest BCUT2D eigenvalue weighted by Gasteiger charge is -2.34. The quantitative estimate of drug-likeness (QED) is 0.777. The van der Waals surface area contributed by atoms with Crippen molar-refractivity contribution < 1.29 is 4.74 Å². The van der Waals surface area contributed by atoms with Crippen LogP contribution in [-0.2, 0) is 4.74 Å². The van der Waals surface area contributed by atoms with E-state index in [9.17, 15) is 0 Å². The summed E-state index contributed by atoms with van der Waals surface area (Å²) in [6, 6.07) is 2.33. The molecule has 1 aliphatic rings. The van der Waals surface area contributed by atoms with E-state index in [0.29, 0.717) is 6.04 Å². The Morgan fingerprint density at radius 2 is 2.40 bits per heavy atom. The zero-order valence-corrected chi connectivity index (χ0v) is 9.10. The van der Waals surface area contributed by atoms with Gasteiger partial charge in [-0.25, -0.2) is 9.97 Å². The SMILES string of the molecule is CNc1cc(N2CCOCC2C)ncn1. The van der Waals surface area contributed by atoms with E-state index in [1.54, 1.807) is 6.33 Å². The molecule has 1 fully saturated rings. The summed E-state index contributed by atoms with van der Waals surface area (Å²) in [4.78, 5) is 10.6. The van der Waals surface area contributed by atoms with Crippen molar-refractivity contribution in [3.63, 3.8) is 0 Å². The molecule has 2 heterocycles. The zero-order chi connectivity index (χ0) is 10.7. The van der Waals surface area contributed by atoms with Gasteiger partial charge in [-0.1, -0.05) is 0 Å². The number of hydrogen-bond donors (Lipinski definition) is 1. The molecule has 1 atom stereocenters. The zero-order valence-electron chi connectivity index (χ0n) is 9.10. The van der Waals surface area contributed by atoms with Gasteiger partial charge in [0.05, 0.1) is 19.3 Å². The smallest absolute Gasteiger partial charge is 0.134 e. The van der Waals surface area contributed by atoms with Gasteiger partial charge in [0.15, 0.2) is 0 Å². The minimum atomic E-state index is 0.373. The van der Waals surface area contributed by atoms with E-state index in [2.05, 4.69) is 27.1 Å². The Morgan fingerprint density at radius 1 is 1.53 bits per heavy atom. The summed E-state index contributed by atoms with van der Waals surface area (Å²) in [5.41, 5.74) is 0. The Morgan fingerprint density at radius 3 is 3.13 bits per heavy atom. The van der Waals surface area contributed by atoms with Crippen LogP contribution in [0.4, 0.5) is 11.6 Å². The third-order valence-electron chi connectivity index (χ3n) is 2.57. The fourth-order valence-electron chi connectivity index (χ4n) is 1.71. The first-order valence-corrected chi connectivity index (χ1v) is 5.15. The second-order valence-corrected chi connectivity index (χ2v) is 3.63. The predicted octanol–water partition coefficient (Wildman–Crippen LogP) is 0.743. The van der Waals surface area contributed by atoms with Crippen molar-refractivity contribution in [1.29, 1.82) is 0 Å². The molecule has 0 amide bonds.